The zero-order chi connectivity index (χ0) is 19.7. The largest absolute Gasteiger partial charge is 0.513 e. The second-order valence-electron chi connectivity index (χ2n) is 5.20. The first-order valence-corrected chi connectivity index (χ1v) is 8.05. The highest BCUT2D eigenvalue weighted by Gasteiger charge is 2.39. The third-order valence-corrected chi connectivity index (χ3v) is 3.33. The van der Waals surface area contributed by atoms with Gasteiger partial charge >= 0.3 is 6.16 Å². The van der Waals surface area contributed by atoms with Crippen LogP contribution in [-0.4, -0.2) is 34.4 Å². The van der Waals surface area contributed by atoms with Crippen LogP contribution in [0.2, 0.25) is 0 Å². The van der Waals surface area contributed by atoms with Gasteiger partial charge in [0.25, 0.3) is 5.70 Å². The Balaban J connectivity index is 0.00000105. The smallest absolute Gasteiger partial charge is 0.434 e. The summed E-state index contributed by atoms with van der Waals surface area (Å²) in [4.78, 5) is 26.7. The Morgan fingerprint density at radius 2 is 2.04 bits per heavy atom. The Kier molecular flexibility index (Phi) is 8.23. The quantitative estimate of drug-likeness (QED) is 0.474. The lowest BCUT2D eigenvalue weighted by Gasteiger charge is -2.26. The Morgan fingerprint density at radius 1 is 1.38 bits per heavy atom. The summed E-state index contributed by atoms with van der Waals surface area (Å²) in [6.45, 7) is 7.00. The van der Waals surface area contributed by atoms with Gasteiger partial charge in [-0.15, -0.1) is 0 Å². The maximum Gasteiger partial charge on any atom is 0.513 e. The molecule has 26 heavy (non-hydrogen) atoms. The van der Waals surface area contributed by atoms with Crippen LogP contribution in [0.1, 0.15) is 39.2 Å². The van der Waals surface area contributed by atoms with E-state index in [1.165, 1.54) is 6.20 Å². The first-order chi connectivity index (χ1) is 12.4. The number of aliphatic hydroxyl groups is 1. The van der Waals surface area contributed by atoms with E-state index >= 15 is 0 Å². The lowest BCUT2D eigenvalue weighted by molar-refractivity contribution is -0.431. The van der Waals surface area contributed by atoms with Gasteiger partial charge in [-0.2, -0.15) is 0 Å². The van der Waals surface area contributed by atoms with Crippen molar-refractivity contribution in [2.75, 3.05) is 13.2 Å². The number of hydrogen-bond donors (Lipinski definition) is 2. The van der Waals surface area contributed by atoms with Crippen molar-refractivity contribution in [2.24, 2.45) is 0 Å². The van der Waals surface area contributed by atoms with Crippen molar-refractivity contribution in [1.82, 2.24) is 10.3 Å². The van der Waals surface area contributed by atoms with Crippen LogP contribution in [0.25, 0.3) is 0 Å². The minimum Gasteiger partial charge on any atom is -0.434 e. The Labute approximate surface area is 151 Å². The van der Waals surface area contributed by atoms with E-state index in [0.29, 0.717) is 17.0 Å². The molecule has 0 bridgehead atoms. The number of nitro groups is 1. The standard InChI is InChI=1S/C15H17N3O5.C2H6O/c1-4-22-15(19)23-14-10(3)17-9(2)13(18(20)21)12(14)11-6-5-7-16-8-11;1-2-3/h5-8,12,17H,4H2,1-3H3;3H,2H2,1H3. The zero-order valence-corrected chi connectivity index (χ0v) is 15.2. The number of nitrogens with zero attached hydrogens (tertiary/aromatic N) is 2. The molecule has 2 heterocycles. The molecular formula is C17H23N3O6. The molecular weight excluding hydrogens is 342 g/mol. The number of hydrogen-bond acceptors (Lipinski definition) is 8. The van der Waals surface area contributed by atoms with Crippen LogP contribution in [0.15, 0.2) is 47.4 Å². The lowest BCUT2D eigenvalue weighted by atomic mass is 9.90. The van der Waals surface area contributed by atoms with Crippen LogP contribution in [0, 0.1) is 10.1 Å². The van der Waals surface area contributed by atoms with E-state index in [4.69, 9.17) is 14.6 Å². The van der Waals surface area contributed by atoms with Crippen molar-refractivity contribution in [1.29, 1.82) is 0 Å². The number of rotatable bonds is 4. The number of carbonyl (C=O) groups is 1. The van der Waals surface area contributed by atoms with Gasteiger partial charge in [-0.1, -0.05) is 6.07 Å². The predicted molar refractivity (Wildman–Crippen MR) is 93.4 cm³/mol. The molecule has 2 rings (SSSR count). The monoisotopic (exact) mass is 365 g/mol. The molecule has 1 aliphatic rings. The maximum atomic E-state index is 11.7. The SMILES string of the molecule is CCO.CCOC(=O)OC1=C(C)NC(C)=C([N+](=O)[O-])C1c1cccnc1. The summed E-state index contributed by atoms with van der Waals surface area (Å²) in [6.07, 6.45) is 2.17. The predicted octanol–water partition coefficient (Wildman–Crippen LogP) is 2.68. The molecule has 2 N–H and O–H groups in total. The molecule has 0 saturated heterocycles. The van der Waals surface area contributed by atoms with Gasteiger partial charge in [0.1, 0.15) is 11.7 Å². The van der Waals surface area contributed by atoms with Gasteiger partial charge in [-0.25, -0.2) is 4.79 Å². The first-order valence-electron chi connectivity index (χ1n) is 8.05. The normalized spacial score (nSPS) is 16.3. The van der Waals surface area contributed by atoms with Crippen LogP contribution in [0.4, 0.5) is 4.79 Å². The summed E-state index contributed by atoms with van der Waals surface area (Å²) in [5.74, 6) is -0.710. The van der Waals surface area contributed by atoms with Gasteiger partial charge in [0.05, 0.1) is 22.9 Å². The molecule has 0 fully saturated rings. The fraction of sp³-hybridized carbons (Fsp3) is 0.412. The summed E-state index contributed by atoms with van der Waals surface area (Å²) in [5, 5.41) is 21.9. The van der Waals surface area contributed by atoms with Crippen molar-refractivity contribution in [3.8, 4) is 0 Å². The van der Waals surface area contributed by atoms with Crippen molar-refractivity contribution in [2.45, 2.75) is 33.6 Å². The van der Waals surface area contributed by atoms with E-state index in [1.54, 1.807) is 46.0 Å². The Hall–Kier alpha value is -2.94. The number of aliphatic hydroxyl groups excluding tert-OH is 1. The first kappa shape index (κ1) is 21.1. The molecule has 0 spiro atoms. The number of carbonyl (C=O) groups excluding carboxylic acids is 1. The van der Waals surface area contributed by atoms with E-state index in [0.717, 1.165) is 0 Å². The van der Waals surface area contributed by atoms with Gasteiger partial charge in [0, 0.05) is 19.0 Å². The van der Waals surface area contributed by atoms with Crippen molar-refractivity contribution in [3.05, 3.63) is 63.1 Å². The molecule has 9 heteroatoms. The molecule has 1 aromatic rings. The summed E-state index contributed by atoms with van der Waals surface area (Å²) < 4.78 is 10.0. The molecule has 142 valence electrons. The van der Waals surface area contributed by atoms with Crippen LogP contribution < -0.4 is 5.32 Å². The topological polar surface area (TPSA) is 124 Å². The fourth-order valence-corrected chi connectivity index (χ4v) is 2.43. The highest BCUT2D eigenvalue weighted by Crippen LogP contribution is 2.38. The van der Waals surface area contributed by atoms with Crippen LogP contribution in [0.5, 0.6) is 0 Å². The van der Waals surface area contributed by atoms with Crippen molar-refractivity contribution < 1.29 is 24.3 Å². The minimum atomic E-state index is -0.903. The molecule has 1 aromatic heterocycles. The second kappa shape index (κ2) is 10.1. The van der Waals surface area contributed by atoms with Crippen LogP contribution >= 0.6 is 0 Å². The number of nitrogens with one attached hydrogen (secondary N) is 1. The number of pyridine rings is 1. The summed E-state index contributed by atoms with van der Waals surface area (Å²) in [6, 6.07) is 3.36. The third-order valence-electron chi connectivity index (χ3n) is 3.33. The van der Waals surface area contributed by atoms with Gasteiger partial charge in [-0.05, 0) is 39.3 Å². The van der Waals surface area contributed by atoms with E-state index < -0.39 is 17.0 Å². The number of allylic oxidation sites excluding steroid dienone is 2. The summed E-state index contributed by atoms with van der Waals surface area (Å²) in [5.41, 5.74) is 1.36. The molecule has 0 radical (unpaired) electrons. The average molecular weight is 365 g/mol. The second-order valence-corrected chi connectivity index (χ2v) is 5.20. The third kappa shape index (κ3) is 5.28. The lowest BCUT2D eigenvalue weighted by Crippen LogP contribution is -2.30. The van der Waals surface area contributed by atoms with E-state index in [1.807, 2.05) is 0 Å². The molecule has 0 aromatic carbocycles. The molecule has 9 nitrogen and oxygen atoms in total. The summed E-state index contributed by atoms with van der Waals surface area (Å²) >= 11 is 0. The average Bonchev–Trinajstić information content (AvgIpc) is 2.58. The van der Waals surface area contributed by atoms with Crippen LogP contribution in [-0.2, 0) is 9.47 Å². The Morgan fingerprint density at radius 3 is 2.54 bits per heavy atom. The van der Waals surface area contributed by atoms with Gasteiger partial charge < -0.3 is 19.9 Å². The molecule has 1 unspecified atom stereocenters. The van der Waals surface area contributed by atoms with Crippen molar-refractivity contribution in [3.63, 3.8) is 0 Å². The highest BCUT2D eigenvalue weighted by atomic mass is 16.7. The fourth-order valence-electron chi connectivity index (χ4n) is 2.43. The molecule has 1 atom stereocenters. The summed E-state index contributed by atoms with van der Waals surface area (Å²) in [7, 11) is 0. The zero-order valence-electron chi connectivity index (χ0n) is 15.2. The van der Waals surface area contributed by atoms with E-state index in [-0.39, 0.29) is 24.7 Å². The highest BCUT2D eigenvalue weighted by molar-refractivity contribution is 5.62. The minimum absolute atomic E-state index is 0.0945. The van der Waals surface area contributed by atoms with Gasteiger partial charge in [-0.3, -0.25) is 15.1 Å². The Bertz CT molecular complexity index is 700. The number of aromatic nitrogens is 1. The molecule has 0 saturated carbocycles. The molecule has 0 aliphatic carbocycles. The van der Waals surface area contributed by atoms with Gasteiger partial charge in [0.15, 0.2) is 0 Å². The van der Waals surface area contributed by atoms with Gasteiger partial charge in [0.2, 0.25) is 0 Å². The van der Waals surface area contributed by atoms with E-state index in [2.05, 4.69) is 10.3 Å². The maximum absolute atomic E-state index is 11.7. The molecule has 1 aliphatic heterocycles. The molecule has 0 amide bonds. The van der Waals surface area contributed by atoms with Crippen LogP contribution in [0.3, 0.4) is 0 Å². The van der Waals surface area contributed by atoms with E-state index in [9.17, 15) is 14.9 Å². The number of dihydropyridines is 1. The van der Waals surface area contributed by atoms with Crippen molar-refractivity contribution >= 4 is 6.16 Å². The number of ether oxygens (including phenoxy) is 2.